The molecule has 0 radical (unpaired) electrons. The van der Waals surface area contributed by atoms with Crippen LogP contribution >= 0.6 is 15.9 Å². The van der Waals surface area contributed by atoms with Crippen LogP contribution in [0.4, 0.5) is 5.69 Å². The van der Waals surface area contributed by atoms with Gasteiger partial charge in [-0.2, -0.15) is 0 Å². The van der Waals surface area contributed by atoms with Crippen LogP contribution in [0.3, 0.4) is 0 Å². The first-order valence-corrected chi connectivity index (χ1v) is 9.75. The summed E-state index contributed by atoms with van der Waals surface area (Å²) in [7, 11) is 0. The Morgan fingerprint density at radius 2 is 1.85 bits per heavy atom. The van der Waals surface area contributed by atoms with Gasteiger partial charge in [0, 0.05) is 10.2 Å². The minimum atomic E-state index is -0.200. The predicted molar refractivity (Wildman–Crippen MR) is 109 cm³/mol. The van der Waals surface area contributed by atoms with Crippen LogP contribution < -0.4 is 14.8 Å². The van der Waals surface area contributed by atoms with Crippen molar-refractivity contribution in [1.29, 1.82) is 0 Å². The normalized spacial score (nSPS) is 10.7. The van der Waals surface area contributed by atoms with Crippen molar-refractivity contribution in [2.75, 3.05) is 18.5 Å². The topological polar surface area (TPSA) is 47.6 Å². The summed E-state index contributed by atoms with van der Waals surface area (Å²) in [6.07, 6.45) is 2.00. The predicted octanol–water partition coefficient (Wildman–Crippen LogP) is 5.92. The molecule has 0 fully saturated rings. The molecule has 0 aliphatic heterocycles. The van der Waals surface area contributed by atoms with Crippen LogP contribution in [0.1, 0.15) is 44.0 Å². The smallest absolute Gasteiger partial charge is 0.259 e. The molecule has 4 nitrogen and oxygen atoms in total. The summed E-state index contributed by atoms with van der Waals surface area (Å²) in [5.41, 5.74) is 1.22. The molecule has 140 valence electrons. The molecule has 2 rings (SSSR count). The Hall–Kier alpha value is -2.01. The highest BCUT2D eigenvalue weighted by Crippen LogP contribution is 2.25. The summed E-state index contributed by atoms with van der Waals surface area (Å²) in [5.74, 6) is 1.66. The van der Waals surface area contributed by atoms with E-state index in [1.807, 2.05) is 36.4 Å². The van der Waals surface area contributed by atoms with Gasteiger partial charge in [-0.05, 0) is 54.8 Å². The summed E-state index contributed by atoms with van der Waals surface area (Å²) in [5, 5.41) is 2.91. The summed E-state index contributed by atoms with van der Waals surface area (Å²) in [4.78, 5) is 12.7. The minimum Gasteiger partial charge on any atom is -0.493 e. The van der Waals surface area contributed by atoms with Gasteiger partial charge in [0.15, 0.2) is 0 Å². The zero-order chi connectivity index (χ0) is 18.9. The highest BCUT2D eigenvalue weighted by atomic mass is 79.9. The number of nitrogens with one attached hydrogen (secondary N) is 1. The lowest BCUT2D eigenvalue weighted by molar-refractivity contribution is 0.102. The molecule has 2 aromatic carbocycles. The maximum absolute atomic E-state index is 12.7. The fraction of sp³-hybridized carbons (Fsp3) is 0.381. The van der Waals surface area contributed by atoms with Gasteiger partial charge in [0.25, 0.3) is 5.91 Å². The van der Waals surface area contributed by atoms with Crippen LogP contribution in [0.5, 0.6) is 11.5 Å². The second kappa shape index (κ2) is 10.2. The first-order valence-electron chi connectivity index (χ1n) is 8.96. The number of hydrogen-bond acceptors (Lipinski definition) is 3. The molecule has 1 amide bonds. The third-order valence-electron chi connectivity index (χ3n) is 3.64. The van der Waals surface area contributed by atoms with Gasteiger partial charge in [0.1, 0.15) is 11.5 Å². The molecule has 0 saturated carbocycles. The van der Waals surface area contributed by atoms with E-state index in [4.69, 9.17) is 9.47 Å². The number of halogens is 1. The number of anilines is 1. The number of rotatable bonds is 9. The van der Waals surface area contributed by atoms with Crippen molar-refractivity contribution in [1.82, 2.24) is 0 Å². The molecular formula is C21H26BrNO3. The van der Waals surface area contributed by atoms with Crippen molar-refractivity contribution >= 4 is 27.5 Å². The number of hydrogen-bond donors (Lipinski definition) is 1. The number of carbonyl (C=O) groups excluding carboxylic acids is 1. The number of ether oxygens (including phenoxy) is 2. The Bertz CT molecular complexity index is 714. The van der Waals surface area contributed by atoms with Crippen LogP contribution in [-0.4, -0.2) is 19.1 Å². The first kappa shape index (κ1) is 20.3. The maximum atomic E-state index is 12.7. The average Bonchev–Trinajstić information content (AvgIpc) is 2.62. The summed E-state index contributed by atoms with van der Waals surface area (Å²) >= 11 is 3.42. The van der Waals surface area contributed by atoms with E-state index in [-0.39, 0.29) is 5.91 Å². The second-order valence-corrected chi connectivity index (χ2v) is 7.44. The molecule has 5 heteroatoms. The van der Waals surface area contributed by atoms with E-state index in [0.717, 1.165) is 23.1 Å². The Morgan fingerprint density at radius 3 is 2.50 bits per heavy atom. The molecule has 0 unspecified atom stereocenters. The minimum absolute atomic E-state index is 0.200. The second-order valence-electron chi connectivity index (χ2n) is 6.53. The SMILES string of the molecule is CCCCOc1ccc(Br)cc1C(=O)Nc1ccc(OCC(C)C)cc1. The van der Waals surface area contributed by atoms with Gasteiger partial charge in [-0.15, -0.1) is 0 Å². The molecular weight excluding hydrogens is 394 g/mol. The Morgan fingerprint density at radius 1 is 1.12 bits per heavy atom. The van der Waals surface area contributed by atoms with E-state index >= 15 is 0 Å². The van der Waals surface area contributed by atoms with Crippen molar-refractivity contribution < 1.29 is 14.3 Å². The lowest BCUT2D eigenvalue weighted by Gasteiger charge is -2.13. The Kier molecular flexibility index (Phi) is 7.98. The molecule has 2 aromatic rings. The lowest BCUT2D eigenvalue weighted by atomic mass is 10.1. The van der Waals surface area contributed by atoms with Gasteiger partial charge in [-0.3, -0.25) is 4.79 Å². The molecule has 0 aliphatic carbocycles. The van der Waals surface area contributed by atoms with E-state index < -0.39 is 0 Å². The van der Waals surface area contributed by atoms with E-state index in [0.29, 0.717) is 36.1 Å². The van der Waals surface area contributed by atoms with Gasteiger partial charge in [0.2, 0.25) is 0 Å². The zero-order valence-corrected chi connectivity index (χ0v) is 17.1. The van der Waals surface area contributed by atoms with Crippen LogP contribution in [0.25, 0.3) is 0 Å². The highest BCUT2D eigenvalue weighted by Gasteiger charge is 2.14. The van der Waals surface area contributed by atoms with Crippen molar-refractivity contribution in [2.45, 2.75) is 33.6 Å². The molecule has 26 heavy (non-hydrogen) atoms. The van der Waals surface area contributed by atoms with Crippen molar-refractivity contribution in [3.8, 4) is 11.5 Å². The Balaban J connectivity index is 2.05. The van der Waals surface area contributed by atoms with Gasteiger partial charge in [-0.25, -0.2) is 0 Å². The van der Waals surface area contributed by atoms with E-state index in [1.54, 1.807) is 6.07 Å². The molecule has 1 N–H and O–H groups in total. The van der Waals surface area contributed by atoms with E-state index in [1.165, 1.54) is 0 Å². The highest BCUT2D eigenvalue weighted by molar-refractivity contribution is 9.10. The summed E-state index contributed by atoms with van der Waals surface area (Å²) in [6.45, 7) is 7.58. The van der Waals surface area contributed by atoms with Gasteiger partial charge < -0.3 is 14.8 Å². The monoisotopic (exact) mass is 419 g/mol. The van der Waals surface area contributed by atoms with Crippen molar-refractivity contribution in [3.05, 3.63) is 52.5 Å². The molecule has 0 heterocycles. The van der Waals surface area contributed by atoms with Crippen LogP contribution in [0.2, 0.25) is 0 Å². The number of benzene rings is 2. The maximum Gasteiger partial charge on any atom is 0.259 e. The number of carbonyl (C=O) groups is 1. The van der Waals surface area contributed by atoms with Gasteiger partial charge in [-0.1, -0.05) is 43.1 Å². The van der Waals surface area contributed by atoms with Gasteiger partial charge >= 0.3 is 0 Å². The molecule has 0 spiro atoms. The van der Waals surface area contributed by atoms with E-state index in [2.05, 4.69) is 42.0 Å². The third kappa shape index (κ3) is 6.37. The van der Waals surface area contributed by atoms with Gasteiger partial charge in [0.05, 0.1) is 18.8 Å². The van der Waals surface area contributed by atoms with E-state index in [9.17, 15) is 4.79 Å². The van der Waals surface area contributed by atoms with Crippen LogP contribution in [-0.2, 0) is 0 Å². The molecule has 0 bridgehead atoms. The summed E-state index contributed by atoms with van der Waals surface area (Å²) < 4.78 is 12.3. The van der Waals surface area contributed by atoms with Crippen LogP contribution in [0, 0.1) is 5.92 Å². The lowest BCUT2D eigenvalue weighted by Crippen LogP contribution is -2.14. The van der Waals surface area contributed by atoms with Crippen LogP contribution in [0.15, 0.2) is 46.9 Å². The number of unbranched alkanes of at least 4 members (excludes halogenated alkanes) is 1. The average molecular weight is 420 g/mol. The summed E-state index contributed by atoms with van der Waals surface area (Å²) in [6, 6.07) is 12.9. The molecule has 0 saturated heterocycles. The van der Waals surface area contributed by atoms with Crippen molar-refractivity contribution in [2.24, 2.45) is 5.92 Å². The standard InChI is InChI=1S/C21H26BrNO3/c1-4-5-12-25-20-11-6-16(22)13-19(20)21(24)23-17-7-9-18(10-8-17)26-14-15(2)3/h6-11,13,15H,4-5,12,14H2,1-3H3,(H,23,24). The first-order chi connectivity index (χ1) is 12.5. The fourth-order valence-corrected chi connectivity index (χ4v) is 2.59. The molecule has 0 aromatic heterocycles. The van der Waals surface area contributed by atoms with Crippen molar-refractivity contribution in [3.63, 3.8) is 0 Å². The number of amides is 1. The largest absolute Gasteiger partial charge is 0.493 e. The third-order valence-corrected chi connectivity index (χ3v) is 4.13. The molecule has 0 aliphatic rings. The molecule has 0 atom stereocenters. The Labute approximate surface area is 164 Å². The zero-order valence-electron chi connectivity index (χ0n) is 15.5. The quantitative estimate of drug-likeness (QED) is 0.513. The fourth-order valence-electron chi connectivity index (χ4n) is 2.23.